The van der Waals surface area contributed by atoms with Crippen molar-refractivity contribution in [2.24, 2.45) is 0 Å². The van der Waals surface area contributed by atoms with Crippen LogP contribution in [0.2, 0.25) is 0 Å². The Morgan fingerprint density at radius 3 is 2.53 bits per heavy atom. The molecule has 0 aliphatic heterocycles. The van der Waals surface area contributed by atoms with Gasteiger partial charge in [0.15, 0.2) is 0 Å². The minimum absolute atomic E-state index is 0.0128. The van der Waals surface area contributed by atoms with Crippen LogP contribution in [0.5, 0.6) is 0 Å². The first kappa shape index (κ1) is 15.0. The zero-order valence-corrected chi connectivity index (χ0v) is 11.5. The van der Waals surface area contributed by atoms with Gasteiger partial charge in [-0.25, -0.2) is 4.79 Å². The van der Waals surface area contributed by atoms with Crippen LogP contribution < -0.4 is 10.6 Å². The van der Waals surface area contributed by atoms with Crippen LogP contribution >= 0.6 is 0 Å². The van der Waals surface area contributed by atoms with Crippen molar-refractivity contribution in [1.29, 1.82) is 0 Å². The minimum Gasteiger partial charge on any atom is -0.344 e. The van der Waals surface area contributed by atoms with Gasteiger partial charge < -0.3 is 15.5 Å². The maximum atomic E-state index is 11.7. The fourth-order valence-electron chi connectivity index (χ4n) is 1.51. The maximum Gasteiger partial charge on any atom is 0.319 e. The van der Waals surface area contributed by atoms with Gasteiger partial charge in [-0.2, -0.15) is 0 Å². The molecule has 3 amide bonds. The highest BCUT2D eigenvalue weighted by Crippen LogP contribution is 2.03. The Morgan fingerprint density at radius 1 is 1.21 bits per heavy atom. The van der Waals surface area contributed by atoms with E-state index in [2.05, 4.69) is 17.6 Å². The molecule has 2 N–H and O–H groups in total. The Labute approximate surface area is 114 Å². The monoisotopic (exact) mass is 263 g/mol. The molecule has 0 aromatic heterocycles. The van der Waals surface area contributed by atoms with Crippen LogP contribution in [0.3, 0.4) is 0 Å². The highest BCUT2D eigenvalue weighted by molar-refractivity contribution is 5.92. The highest BCUT2D eigenvalue weighted by atomic mass is 16.2. The van der Waals surface area contributed by atoms with Crippen LogP contribution in [-0.4, -0.2) is 37.0 Å². The molecule has 19 heavy (non-hydrogen) atoms. The van der Waals surface area contributed by atoms with Crippen molar-refractivity contribution in [3.63, 3.8) is 0 Å². The van der Waals surface area contributed by atoms with Gasteiger partial charge in [0.1, 0.15) is 0 Å². The molecular formula is C14H21N3O2. The smallest absolute Gasteiger partial charge is 0.319 e. The van der Waals surface area contributed by atoms with Gasteiger partial charge >= 0.3 is 6.03 Å². The molecule has 5 nitrogen and oxygen atoms in total. The number of carbonyl (C=O) groups is 2. The summed E-state index contributed by atoms with van der Waals surface area (Å²) in [5.74, 6) is -0.0864. The van der Waals surface area contributed by atoms with E-state index in [1.54, 1.807) is 24.1 Å². The van der Waals surface area contributed by atoms with E-state index >= 15 is 0 Å². The molecule has 0 radical (unpaired) electrons. The number of nitrogens with one attached hydrogen (secondary N) is 2. The van der Waals surface area contributed by atoms with Gasteiger partial charge in [-0.3, -0.25) is 4.79 Å². The van der Waals surface area contributed by atoms with Crippen molar-refractivity contribution < 1.29 is 9.59 Å². The van der Waals surface area contributed by atoms with E-state index in [-0.39, 0.29) is 18.5 Å². The number of para-hydroxylation sites is 1. The number of benzene rings is 1. The summed E-state index contributed by atoms with van der Waals surface area (Å²) < 4.78 is 0. The van der Waals surface area contributed by atoms with Crippen molar-refractivity contribution in [1.82, 2.24) is 10.2 Å². The number of hydrogen-bond acceptors (Lipinski definition) is 2. The summed E-state index contributed by atoms with van der Waals surface area (Å²) in [6, 6.07) is 8.74. The zero-order valence-electron chi connectivity index (χ0n) is 11.5. The first-order valence-electron chi connectivity index (χ1n) is 6.47. The van der Waals surface area contributed by atoms with E-state index in [1.165, 1.54) is 0 Å². The predicted molar refractivity (Wildman–Crippen MR) is 76.0 cm³/mol. The Bertz CT molecular complexity index is 406. The fraction of sp³-hybridized carbons (Fsp3) is 0.429. The van der Waals surface area contributed by atoms with Crippen LogP contribution in [0.4, 0.5) is 10.5 Å². The van der Waals surface area contributed by atoms with E-state index in [4.69, 9.17) is 0 Å². The third-order valence-corrected chi connectivity index (χ3v) is 2.70. The first-order valence-corrected chi connectivity index (χ1v) is 6.47. The van der Waals surface area contributed by atoms with Gasteiger partial charge in [-0.1, -0.05) is 31.5 Å². The molecule has 0 bridgehead atoms. The van der Waals surface area contributed by atoms with Crippen molar-refractivity contribution in [3.05, 3.63) is 30.3 Å². The minimum atomic E-state index is -0.372. The molecule has 0 atom stereocenters. The second-order valence-electron chi connectivity index (χ2n) is 4.34. The molecule has 0 spiro atoms. The summed E-state index contributed by atoms with van der Waals surface area (Å²) >= 11 is 0. The number of likely N-dealkylation sites (N-methyl/N-ethyl adjacent to an activating group) is 1. The van der Waals surface area contributed by atoms with Gasteiger partial charge in [0.05, 0.1) is 6.54 Å². The topological polar surface area (TPSA) is 61.4 Å². The predicted octanol–water partition coefficient (Wildman–Crippen LogP) is 2.07. The summed E-state index contributed by atoms with van der Waals surface area (Å²) in [6.07, 6.45) is 2.01. The molecule has 0 unspecified atom stereocenters. The number of urea groups is 1. The summed E-state index contributed by atoms with van der Waals surface area (Å²) in [5.41, 5.74) is 0.701. The van der Waals surface area contributed by atoms with Gasteiger partial charge in [-0.05, 0) is 18.6 Å². The second kappa shape index (κ2) is 8.13. The molecule has 5 heteroatoms. The summed E-state index contributed by atoms with van der Waals surface area (Å²) in [5, 5.41) is 5.21. The molecule has 0 saturated heterocycles. The highest BCUT2D eigenvalue weighted by Gasteiger charge is 2.09. The summed E-state index contributed by atoms with van der Waals surface area (Å²) in [7, 11) is 1.74. The van der Waals surface area contributed by atoms with Gasteiger partial charge in [0.25, 0.3) is 0 Å². The Morgan fingerprint density at radius 2 is 1.89 bits per heavy atom. The molecular weight excluding hydrogens is 242 g/mol. The third-order valence-electron chi connectivity index (χ3n) is 2.70. The number of unbranched alkanes of at least 4 members (excludes halogenated alkanes) is 1. The largest absolute Gasteiger partial charge is 0.344 e. The lowest BCUT2D eigenvalue weighted by Gasteiger charge is -2.17. The Hall–Kier alpha value is -2.04. The lowest BCUT2D eigenvalue weighted by molar-refractivity contribution is -0.128. The summed E-state index contributed by atoms with van der Waals surface area (Å²) in [4.78, 5) is 24.9. The van der Waals surface area contributed by atoms with Crippen LogP contribution in [0, 0.1) is 0 Å². The van der Waals surface area contributed by atoms with E-state index in [0.29, 0.717) is 5.69 Å². The average molecular weight is 263 g/mol. The molecule has 104 valence electrons. The molecule has 0 saturated carbocycles. The SMILES string of the molecule is CCCCN(C)C(=O)CNC(=O)Nc1ccccc1. The molecule has 0 aliphatic carbocycles. The lowest BCUT2D eigenvalue weighted by atomic mass is 10.3. The summed E-state index contributed by atoms with van der Waals surface area (Å²) in [6.45, 7) is 2.81. The molecule has 0 aliphatic rings. The van der Waals surface area contributed by atoms with Crippen LogP contribution in [0.1, 0.15) is 19.8 Å². The first-order chi connectivity index (χ1) is 9.13. The molecule has 1 aromatic carbocycles. The van der Waals surface area contributed by atoms with Gasteiger partial charge in [0, 0.05) is 19.3 Å². The lowest BCUT2D eigenvalue weighted by Crippen LogP contribution is -2.40. The average Bonchev–Trinajstić information content (AvgIpc) is 2.43. The zero-order chi connectivity index (χ0) is 14.1. The molecule has 1 rings (SSSR count). The fourth-order valence-corrected chi connectivity index (χ4v) is 1.51. The number of rotatable bonds is 6. The van der Waals surface area contributed by atoms with Crippen molar-refractivity contribution in [2.75, 3.05) is 25.5 Å². The molecule has 0 fully saturated rings. The van der Waals surface area contributed by atoms with E-state index in [9.17, 15) is 9.59 Å². The van der Waals surface area contributed by atoms with Crippen LogP contribution in [-0.2, 0) is 4.79 Å². The quantitative estimate of drug-likeness (QED) is 0.825. The van der Waals surface area contributed by atoms with Crippen molar-refractivity contribution in [3.8, 4) is 0 Å². The van der Waals surface area contributed by atoms with Crippen LogP contribution in [0.15, 0.2) is 30.3 Å². The number of amides is 3. The number of anilines is 1. The maximum absolute atomic E-state index is 11.7. The van der Waals surface area contributed by atoms with Gasteiger partial charge in [0.2, 0.25) is 5.91 Å². The van der Waals surface area contributed by atoms with Crippen LogP contribution in [0.25, 0.3) is 0 Å². The third kappa shape index (κ3) is 5.90. The van der Waals surface area contributed by atoms with Crippen molar-refractivity contribution in [2.45, 2.75) is 19.8 Å². The van der Waals surface area contributed by atoms with Gasteiger partial charge in [-0.15, -0.1) is 0 Å². The number of hydrogen-bond donors (Lipinski definition) is 2. The molecule has 0 heterocycles. The van der Waals surface area contributed by atoms with Crippen molar-refractivity contribution >= 4 is 17.6 Å². The van der Waals surface area contributed by atoms with E-state index in [0.717, 1.165) is 19.4 Å². The Kier molecular flexibility index (Phi) is 6.43. The number of nitrogens with zero attached hydrogens (tertiary/aromatic N) is 1. The normalized spacial score (nSPS) is 9.79. The standard InChI is InChI=1S/C14H21N3O2/c1-3-4-10-17(2)13(18)11-15-14(19)16-12-8-6-5-7-9-12/h5-9H,3-4,10-11H2,1-2H3,(H2,15,16,19). The number of carbonyl (C=O) groups excluding carboxylic acids is 2. The Balaban J connectivity index is 2.28. The van der Waals surface area contributed by atoms with E-state index < -0.39 is 0 Å². The molecule has 1 aromatic rings. The second-order valence-corrected chi connectivity index (χ2v) is 4.34. The van der Waals surface area contributed by atoms with E-state index in [1.807, 2.05) is 18.2 Å².